The zero-order valence-electron chi connectivity index (χ0n) is 20.9. The molecule has 0 unspecified atom stereocenters. The molecule has 0 bridgehead atoms. The van der Waals surface area contributed by atoms with Crippen LogP contribution in [0.15, 0.2) is 45.3 Å². The zero-order valence-corrected chi connectivity index (χ0v) is 29.4. The molecule has 2 aromatic rings. The number of carbonyl (C=O) groups is 1. The van der Waals surface area contributed by atoms with Crippen LogP contribution in [0.3, 0.4) is 0 Å². The quantitative estimate of drug-likeness (QED) is 0.131. The molecule has 0 aliphatic heterocycles. The number of nitrogens with zero attached hydrogens (tertiary/aromatic N) is 2. The molecular formula is C19H23Br2FK2N2O9. The topological polar surface area (TPSA) is 165 Å². The first-order chi connectivity index (χ1) is 15.3. The van der Waals surface area contributed by atoms with Gasteiger partial charge in [0.1, 0.15) is 11.6 Å². The molecule has 0 aliphatic carbocycles. The second-order valence-electron chi connectivity index (χ2n) is 6.18. The van der Waals surface area contributed by atoms with Gasteiger partial charge in [0.15, 0.2) is 0 Å². The number of nitro groups is 2. The third-order valence-electron chi connectivity index (χ3n) is 2.64. The van der Waals surface area contributed by atoms with Crippen LogP contribution in [0, 0.1) is 26.0 Å². The van der Waals surface area contributed by atoms with Crippen molar-refractivity contribution in [2.75, 3.05) is 0 Å². The molecular weight excluding hydrogens is 657 g/mol. The van der Waals surface area contributed by atoms with E-state index in [0.29, 0.717) is 10.2 Å². The molecule has 16 heteroatoms. The van der Waals surface area contributed by atoms with Crippen LogP contribution in [0.4, 0.5) is 15.8 Å². The number of halogens is 3. The maximum Gasteiger partial charge on any atom is 1.00 e. The predicted octanol–water partition coefficient (Wildman–Crippen LogP) is -1.42. The van der Waals surface area contributed by atoms with Crippen molar-refractivity contribution < 1.29 is 143 Å². The average molecular weight is 680 g/mol. The van der Waals surface area contributed by atoms with Gasteiger partial charge in [-0.25, -0.2) is 4.39 Å². The Bertz CT molecular complexity index is 914. The Balaban J connectivity index is -0.000000131. The van der Waals surface area contributed by atoms with Crippen LogP contribution in [-0.4, -0.2) is 33.6 Å². The summed E-state index contributed by atoms with van der Waals surface area (Å²) in [5.41, 5.74) is -0.0775. The molecule has 0 amide bonds. The molecule has 0 radical (unpaired) electrons. The minimum Gasteiger partial charge on any atom is -1.00 e. The van der Waals surface area contributed by atoms with E-state index in [1.54, 1.807) is 19.9 Å². The summed E-state index contributed by atoms with van der Waals surface area (Å²) >= 11 is 6.05. The normalized spacial score (nSPS) is 8.77. The first-order valence-electron chi connectivity index (χ1n) is 8.87. The molecule has 2 aromatic carbocycles. The molecule has 0 spiro atoms. The Kier molecular flexibility index (Phi) is 30.4. The van der Waals surface area contributed by atoms with Crippen molar-refractivity contribution in [3.05, 3.63) is 71.4 Å². The Morgan fingerprint density at radius 1 is 0.971 bits per heavy atom. The Morgan fingerprint density at radius 3 is 1.63 bits per heavy atom. The molecule has 0 aliphatic rings. The summed E-state index contributed by atoms with van der Waals surface area (Å²) in [6.07, 6.45) is -0.118. The number of hydrogen-bond acceptors (Lipinski definition) is 9. The summed E-state index contributed by atoms with van der Waals surface area (Å²) in [6.45, 7) is 7.06. The maximum atomic E-state index is 12.5. The second kappa shape index (κ2) is 24.9. The summed E-state index contributed by atoms with van der Waals surface area (Å²) in [7, 11) is 0. The van der Waals surface area contributed by atoms with Crippen molar-refractivity contribution >= 4 is 49.7 Å². The number of ether oxygens (including phenoxy) is 1. The third-order valence-corrected chi connectivity index (χ3v) is 3.87. The van der Waals surface area contributed by atoms with Crippen molar-refractivity contribution in [3.8, 4) is 5.75 Å². The first-order valence-corrected chi connectivity index (χ1v) is 10.5. The SMILES string of the molecule is CC(C)O.CC(C)Oc1ccc([N+](=O)[O-])cc1Br.O=CO[O-].O=[N+]([O-])c1ccc(F)c(Br)c1.[H-].[K+].[K+]. The van der Waals surface area contributed by atoms with Crippen molar-refractivity contribution in [1.29, 1.82) is 0 Å². The Labute approximate surface area is 305 Å². The van der Waals surface area contributed by atoms with E-state index in [-0.39, 0.29) is 139 Å². The van der Waals surface area contributed by atoms with Crippen LogP contribution >= 0.6 is 31.9 Å². The molecule has 0 heterocycles. The molecule has 0 saturated carbocycles. The molecule has 0 saturated heterocycles. The van der Waals surface area contributed by atoms with Crippen molar-refractivity contribution in [2.45, 2.75) is 39.9 Å². The smallest absolute Gasteiger partial charge is 1.00 e. The summed E-state index contributed by atoms with van der Waals surface area (Å²) in [6, 6.07) is 7.71. The minimum absolute atomic E-state index is 0. The average Bonchev–Trinajstić information content (AvgIpc) is 2.71. The largest absolute Gasteiger partial charge is 1.00 e. The van der Waals surface area contributed by atoms with E-state index in [9.17, 15) is 24.6 Å². The molecule has 186 valence electrons. The first kappa shape index (κ1) is 42.7. The summed E-state index contributed by atoms with van der Waals surface area (Å²) in [5.74, 6) is 0.112. The van der Waals surface area contributed by atoms with Gasteiger partial charge in [0.2, 0.25) is 0 Å². The molecule has 1 N–H and O–H groups in total. The molecule has 35 heavy (non-hydrogen) atoms. The van der Waals surface area contributed by atoms with Crippen molar-refractivity contribution in [3.63, 3.8) is 0 Å². The fourth-order valence-electron chi connectivity index (χ4n) is 1.55. The third kappa shape index (κ3) is 23.4. The maximum absolute atomic E-state index is 12.5. The van der Waals surface area contributed by atoms with Crippen LogP contribution in [0.1, 0.15) is 29.1 Å². The van der Waals surface area contributed by atoms with Gasteiger partial charge in [-0.1, -0.05) is 0 Å². The van der Waals surface area contributed by atoms with Crippen LogP contribution in [0.25, 0.3) is 0 Å². The van der Waals surface area contributed by atoms with Gasteiger partial charge in [0.05, 0.1) is 24.9 Å². The standard InChI is InChI=1S/C9H10BrNO3.C6H3BrFNO2.C3H8O.CH2O3.2K.H/c1-6(2)14-9-4-3-7(11(12)13)5-8(9)10;7-5-3-4(9(10)11)1-2-6(5)8;1-3(2)4;2-1-4-3;;;/h3-6H,1-2H3;1-3H;3-4H,1-2H3;1,3H;;;/q;;;;2*+1;-1/p-1. The predicted molar refractivity (Wildman–Crippen MR) is 123 cm³/mol. The van der Waals surface area contributed by atoms with Gasteiger partial charge in [-0.2, -0.15) is 0 Å². The van der Waals surface area contributed by atoms with Gasteiger partial charge in [-0.3, -0.25) is 25.0 Å². The zero-order chi connectivity index (χ0) is 26.1. The van der Waals surface area contributed by atoms with Gasteiger partial charge in [0.25, 0.3) is 17.8 Å². The number of aliphatic hydroxyl groups is 1. The Hall–Kier alpha value is 0.593. The van der Waals surface area contributed by atoms with Gasteiger partial charge >= 0.3 is 103 Å². The molecule has 0 fully saturated rings. The van der Waals surface area contributed by atoms with E-state index in [0.717, 1.165) is 18.2 Å². The number of benzene rings is 2. The minimum atomic E-state index is -0.579. The van der Waals surface area contributed by atoms with E-state index in [4.69, 9.17) is 19.9 Å². The second-order valence-corrected chi connectivity index (χ2v) is 7.89. The molecule has 11 nitrogen and oxygen atoms in total. The van der Waals surface area contributed by atoms with Gasteiger partial charge < -0.3 is 21.4 Å². The van der Waals surface area contributed by atoms with Crippen molar-refractivity contribution in [1.82, 2.24) is 0 Å². The summed E-state index contributed by atoms with van der Waals surface area (Å²) in [4.78, 5) is 30.8. The molecule has 0 atom stereocenters. The van der Waals surface area contributed by atoms with Crippen LogP contribution in [-0.2, 0) is 9.68 Å². The number of carbonyl (C=O) groups excluding carboxylic acids is 1. The number of aliphatic hydroxyl groups excluding tert-OH is 1. The van der Waals surface area contributed by atoms with Crippen LogP contribution in [0.2, 0.25) is 0 Å². The van der Waals surface area contributed by atoms with E-state index in [1.165, 1.54) is 12.1 Å². The van der Waals surface area contributed by atoms with E-state index >= 15 is 0 Å². The van der Waals surface area contributed by atoms with E-state index in [2.05, 4.69) is 36.7 Å². The van der Waals surface area contributed by atoms with E-state index in [1.807, 2.05) is 13.8 Å². The fraction of sp³-hybridized carbons (Fsp3) is 0.316. The number of non-ortho nitro benzene ring substituents is 2. The van der Waals surface area contributed by atoms with Gasteiger partial charge in [-0.15, -0.1) is 0 Å². The number of nitro benzene ring substituents is 2. The summed E-state index contributed by atoms with van der Waals surface area (Å²) in [5, 5.41) is 37.0. The number of rotatable bonds is 5. The van der Waals surface area contributed by atoms with Crippen LogP contribution < -0.4 is 113 Å². The van der Waals surface area contributed by atoms with Crippen molar-refractivity contribution in [2.24, 2.45) is 0 Å². The number of hydrogen-bond donors (Lipinski definition) is 1. The molecule has 0 aromatic heterocycles. The summed E-state index contributed by atoms with van der Waals surface area (Å²) < 4.78 is 18.6. The van der Waals surface area contributed by atoms with E-state index < -0.39 is 15.7 Å². The van der Waals surface area contributed by atoms with Crippen LogP contribution in [0.5, 0.6) is 5.75 Å². The molecule has 2 rings (SSSR count). The van der Waals surface area contributed by atoms with Gasteiger partial charge in [-0.05, 0) is 71.7 Å². The Morgan fingerprint density at radius 2 is 1.34 bits per heavy atom. The van der Waals surface area contributed by atoms with Gasteiger partial charge in [0, 0.05) is 30.4 Å². The monoisotopic (exact) mass is 678 g/mol. The fourth-order valence-corrected chi connectivity index (χ4v) is 2.38.